The van der Waals surface area contributed by atoms with Crippen LogP contribution in [0.15, 0.2) is 18.3 Å². The normalized spacial score (nSPS) is 16.5. The van der Waals surface area contributed by atoms with Crippen molar-refractivity contribution in [2.24, 2.45) is 5.92 Å². The summed E-state index contributed by atoms with van der Waals surface area (Å²) in [4.78, 5) is 4.38. The third-order valence-corrected chi connectivity index (χ3v) is 3.77. The third kappa shape index (κ3) is 4.83. The van der Waals surface area contributed by atoms with Crippen molar-refractivity contribution >= 4 is 0 Å². The van der Waals surface area contributed by atoms with E-state index in [0.717, 1.165) is 37.9 Å². The molecular weight excluding hydrogens is 236 g/mol. The minimum absolute atomic E-state index is 0.729. The second-order valence-electron chi connectivity index (χ2n) is 5.46. The molecule has 0 aromatic carbocycles. The Hall–Kier alpha value is -1.09. The van der Waals surface area contributed by atoms with Crippen molar-refractivity contribution in [3.8, 4) is 5.88 Å². The lowest BCUT2D eigenvalue weighted by molar-refractivity contribution is 0.201. The predicted molar refractivity (Wildman–Crippen MR) is 78.3 cm³/mol. The van der Waals surface area contributed by atoms with Gasteiger partial charge >= 0.3 is 0 Å². The van der Waals surface area contributed by atoms with Crippen LogP contribution in [0.4, 0.5) is 0 Å². The molecule has 1 N–H and O–H groups in total. The molecule has 1 aromatic rings. The van der Waals surface area contributed by atoms with Crippen LogP contribution in [-0.2, 0) is 6.54 Å². The summed E-state index contributed by atoms with van der Waals surface area (Å²) in [6.45, 7) is 4.90. The van der Waals surface area contributed by atoms with Gasteiger partial charge in [0.15, 0.2) is 0 Å². The molecule has 0 bridgehead atoms. The molecule has 19 heavy (non-hydrogen) atoms. The second-order valence-corrected chi connectivity index (χ2v) is 5.46. The van der Waals surface area contributed by atoms with Gasteiger partial charge in [0, 0.05) is 18.3 Å². The molecule has 0 saturated heterocycles. The highest BCUT2D eigenvalue weighted by Crippen LogP contribution is 2.25. The largest absolute Gasteiger partial charge is 0.477 e. The Kier molecular flexibility index (Phi) is 6.15. The molecule has 0 spiro atoms. The summed E-state index contributed by atoms with van der Waals surface area (Å²) in [7, 11) is 0. The highest BCUT2D eigenvalue weighted by Gasteiger charge is 2.15. The van der Waals surface area contributed by atoms with Gasteiger partial charge in [0.25, 0.3) is 0 Å². The summed E-state index contributed by atoms with van der Waals surface area (Å²) in [5.41, 5.74) is 1.17. The first-order valence-electron chi connectivity index (χ1n) is 7.67. The van der Waals surface area contributed by atoms with Crippen LogP contribution in [0.1, 0.15) is 51.0 Å². The first-order valence-corrected chi connectivity index (χ1v) is 7.67. The first kappa shape index (κ1) is 14.3. The molecule has 1 heterocycles. The van der Waals surface area contributed by atoms with E-state index in [-0.39, 0.29) is 0 Å². The van der Waals surface area contributed by atoms with Gasteiger partial charge in [-0.1, -0.05) is 32.3 Å². The van der Waals surface area contributed by atoms with Crippen LogP contribution in [0.5, 0.6) is 5.88 Å². The summed E-state index contributed by atoms with van der Waals surface area (Å²) < 4.78 is 5.96. The molecule has 1 saturated carbocycles. The SMILES string of the molecule is CCCNCc1cccnc1OCC1CCCCC1. The van der Waals surface area contributed by atoms with Gasteiger partial charge in [0.2, 0.25) is 5.88 Å². The Balaban J connectivity index is 1.84. The minimum atomic E-state index is 0.729. The molecular formula is C16H26N2O. The molecule has 1 aliphatic carbocycles. The number of hydrogen-bond donors (Lipinski definition) is 1. The zero-order valence-electron chi connectivity index (χ0n) is 12.0. The van der Waals surface area contributed by atoms with Crippen molar-refractivity contribution in [1.29, 1.82) is 0 Å². The van der Waals surface area contributed by atoms with Gasteiger partial charge in [-0.2, -0.15) is 0 Å². The van der Waals surface area contributed by atoms with E-state index in [9.17, 15) is 0 Å². The fourth-order valence-corrected chi connectivity index (χ4v) is 2.64. The van der Waals surface area contributed by atoms with Gasteiger partial charge in [-0.15, -0.1) is 0 Å². The summed E-state index contributed by atoms with van der Waals surface area (Å²) in [6, 6.07) is 4.09. The van der Waals surface area contributed by atoms with Gasteiger partial charge in [-0.05, 0) is 37.8 Å². The molecule has 1 aromatic heterocycles. The zero-order valence-corrected chi connectivity index (χ0v) is 12.0. The Morgan fingerprint density at radius 2 is 2.16 bits per heavy atom. The number of pyridine rings is 1. The van der Waals surface area contributed by atoms with Gasteiger partial charge in [-0.25, -0.2) is 4.98 Å². The Morgan fingerprint density at radius 3 is 2.95 bits per heavy atom. The van der Waals surface area contributed by atoms with Crippen molar-refractivity contribution in [1.82, 2.24) is 10.3 Å². The average molecular weight is 262 g/mol. The third-order valence-electron chi connectivity index (χ3n) is 3.77. The Bertz CT molecular complexity index is 362. The smallest absolute Gasteiger partial charge is 0.217 e. The Labute approximate surface area is 116 Å². The fourth-order valence-electron chi connectivity index (χ4n) is 2.64. The summed E-state index contributed by atoms with van der Waals surface area (Å²) in [5, 5.41) is 3.41. The predicted octanol–water partition coefficient (Wildman–Crippen LogP) is 3.54. The average Bonchev–Trinajstić information content (AvgIpc) is 2.48. The van der Waals surface area contributed by atoms with Crippen LogP contribution < -0.4 is 10.1 Å². The Morgan fingerprint density at radius 1 is 1.32 bits per heavy atom. The molecule has 0 atom stereocenters. The lowest BCUT2D eigenvalue weighted by atomic mass is 9.90. The number of rotatable bonds is 7. The summed E-state index contributed by atoms with van der Waals surface area (Å²) in [5.74, 6) is 1.55. The van der Waals surface area contributed by atoms with Gasteiger partial charge in [0.05, 0.1) is 6.61 Å². The van der Waals surface area contributed by atoms with Crippen molar-refractivity contribution in [3.05, 3.63) is 23.9 Å². The van der Waals surface area contributed by atoms with Gasteiger partial charge in [-0.3, -0.25) is 0 Å². The molecule has 1 fully saturated rings. The lowest BCUT2D eigenvalue weighted by Gasteiger charge is -2.22. The number of nitrogens with zero attached hydrogens (tertiary/aromatic N) is 1. The van der Waals surface area contributed by atoms with E-state index in [0.29, 0.717) is 0 Å². The van der Waals surface area contributed by atoms with Crippen molar-refractivity contribution in [2.75, 3.05) is 13.2 Å². The van der Waals surface area contributed by atoms with Crippen LogP contribution in [0, 0.1) is 5.92 Å². The molecule has 1 aliphatic rings. The van der Waals surface area contributed by atoms with Crippen LogP contribution in [0.3, 0.4) is 0 Å². The molecule has 3 nitrogen and oxygen atoms in total. The second kappa shape index (κ2) is 8.16. The van der Waals surface area contributed by atoms with Crippen molar-refractivity contribution < 1.29 is 4.74 Å². The van der Waals surface area contributed by atoms with E-state index in [2.05, 4.69) is 23.3 Å². The van der Waals surface area contributed by atoms with E-state index in [1.54, 1.807) is 0 Å². The highest BCUT2D eigenvalue weighted by molar-refractivity contribution is 5.25. The van der Waals surface area contributed by atoms with Gasteiger partial charge < -0.3 is 10.1 Å². The van der Waals surface area contributed by atoms with Crippen molar-refractivity contribution in [2.45, 2.75) is 52.0 Å². The van der Waals surface area contributed by atoms with E-state index in [4.69, 9.17) is 4.74 Å². The molecule has 0 aliphatic heterocycles. The summed E-state index contributed by atoms with van der Waals surface area (Å²) in [6.07, 6.45) is 9.72. The molecule has 0 unspecified atom stereocenters. The monoisotopic (exact) mass is 262 g/mol. The van der Waals surface area contributed by atoms with Crippen LogP contribution in [-0.4, -0.2) is 18.1 Å². The van der Waals surface area contributed by atoms with Crippen LogP contribution >= 0.6 is 0 Å². The number of aromatic nitrogens is 1. The minimum Gasteiger partial charge on any atom is -0.477 e. The van der Waals surface area contributed by atoms with Crippen LogP contribution in [0.2, 0.25) is 0 Å². The molecule has 2 rings (SSSR count). The summed E-state index contributed by atoms with van der Waals surface area (Å²) >= 11 is 0. The standard InChI is InChI=1S/C16H26N2O/c1-2-10-17-12-15-9-6-11-18-16(15)19-13-14-7-4-3-5-8-14/h6,9,11,14,17H,2-5,7-8,10,12-13H2,1H3. The maximum Gasteiger partial charge on any atom is 0.217 e. The number of nitrogens with one attached hydrogen (secondary N) is 1. The fraction of sp³-hybridized carbons (Fsp3) is 0.688. The maximum atomic E-state index is 5.96. The molecule has 0 amide bonds. The first-order chi connectivity index (χ1) is 9.40. The topological polar surface area (TPSA) is 34.2 Å². The molecule has 0 radical (unpaired) electrons. The van der Waals surface area contributed by atoms with Crippen LogP contribution in [0.25, 0.3) is 0 Å². The highest BCUT2D eigenvalue weighted by atomic mass is 16.5. The van der Waals surface area contributed by atoms with E-state index < -0.39 is 0 Å². The van der Waals surface area contributed by atoms with E-state index in [1.165, 1.54) is 37.7 Å². The molecule has 3 heteroatoms. The van der Waals surface area contributed by atoms with Gasteiger partial charge in [0.1, 0.15) is 0 Å². The quantitative estimate of drug-likeness (QED) is 0.763. The van der Waals surface area contributed by atoms with E-state index >= 15 is 0 Å². The number of hydrogen-bond acceptors (Lipinski definition) is 3. The molecule has 106 valence electrons. The lowest BCUT2D eigenvalue weighted by Crippen LogP contribution is -2.18. The van der Waals surface area contributed by atoms with E-state index in [1.807, 2.05) is 12.3 Å². The maximum absolute atomic E-state index is 5.96. The number of ether oxygens (including phenoxy) is 1. The van der Waals surface area contributed by atoms with Crippen molar-refractivity contribution in [3.63, 3.8) is 0 Å². The zero-order chi connectivity index (χ0) is 13.3.